The number of esters is 2. The zero-order chi connectivity index (χ0) is 10.9. The SMILES string of the molecule is COC(=O)C(C)[C@@H]1OC(=O)C(Br)=C1Br. The van der Waals surface area contributed by atoms with Crippen molar-refractivity contribution in [2.45, 2.75) is 13.0 Å². The number of cyclic esters (lactones) is 1. The van der Waals surface area contributed by atoms with Crippen molar-refractivity contribution >= 4 is 43.8 Å². The van der Waals surface area contributed by atoms with Gasteiger partial charge in [-0.1, -0.05) is 15.9 Å². The fourth-order valence-electron chi connectivity index (χ4n) is 1.07. The molecule has 14 heavy (non-hydrogen) atoms. The highest BCUT2D eigenvalue weighted by Crippen LogP contribution is 2.35. The molecule has 1 aliphatic heterocycles. The summed E-state index contributed by atoms with van der Waals surface area (Å²) in [5.41, 5.74) is 0. The van der Waals surface area contributed by atoms with Crippen LogP contribution in [0.25, 0.3) is 0 Å². The average Bonchev–Trinajstić information content (AvgIpc) is 2.43. The summed E-state index contributed by atoms with van der Waals surface area (Å²) < 4.78 is 10.4. The Hall–Kier alpha value is -0.360. The summed E-state index contributed by atoms with van der Waals surface area (Å²) in [5, 5.41) is 0. The second kappa shape index (κ2) is 4.44. The Morgan fingerprint density at radius 2 is 2.14 bits per heavy atom. The van der Waals surface area contributed by atoms with E-state index in [1.54, 1.807) is 6.92 Å². The molecule has 0 saturated heterocycles. The monoisotopic (exact) mass is 326 g/mol. The number of carbonyl (C=O) groups excluding carboxylic acids is 2. The van der Waals surface area contributed by atoms with E-state index < -0.39 is 24.0 Å². The minimum atomic E-state index is -0.593. The topological polar surface area (TPSA) is 52.6 Å². The number of halogens is 2. The lowest BCUT2D eigenvalue weighted by molar-refractivity contribution is -0.152. The minimum absolute atomic E-state index is 0.318. The minimum Gasteiger partial charge on any atom is -0.469 e. The highest BCUT2D eigenvalue weighted by Gasteiger charge is 2.38. The molecule has 0 aromatic heterocycles. The summed E-state index contributed by atoms with van der Waals surface area (Å²) in [7, 11) is 1.29. The molecule has 0 radical (unpaired) electrons. The van der Waals surface area contributed by atoms with Gasteiger partial charge in [-0.2, -0.15) is 0 Å². The van der Waals surface area contributed by atoms with Gasteiger partial charge in [0.1, 0.15) is 10.6 Å². The van der Waals surface area contributed by atoms with E-state index in [9.17, 15) is 9.59 Å². The lowest BCUT2D eigenvalue weighted by Gasteiger charge is -2.16. The summed E-state index contributed by atoms with van der Waals surface area (Å²) in [6.45, 7) is 1.64. The molecule has 0 amide bonds. The standard InChI is InChI=1S/C8H8Br2O4/c1-3(7(11)13-2)6-4(9)5(10)8(12)14-6/h3,6H,1-2H3/t3?,6-/m0/s1. The third-order valence-electron chi connectivity index (χ3n) is 1.90. The van der Waals surface area contributed by atoms with Crippen LogP contribution >= 0.6 is 31.9 Å². The summed E-state index contributed by atoms with van der Waals surface area (Å²) in [6, 6.07) is 0. The Morgan fingerprint density at radius 1 is 1.57 bits per heavy atom. The summed E-state index contributed by atoms with van der Waals surface area (Å²) in [5.74, 6) is -1.41. The van der Waals surface area contributed by atoms with E-state index in [4.69, 9.17) is 4.74 Å². The van der Waals surface area contributed by atoms with Crippen LogP contribution in [0.3, 0.4) is 0 Å². The second-order valence-electron chi connectivity index (χ2n) is 2.80. The smallest absolute Gasteiger partial charge is 0.346 e. The normalized spacial score (nSPS) is 23.4. The van der Waals surface area contributed by atoms with E-state index in [1.165, 1.54) is 7.11 Å². The van der Waals surface area contributed by atoms with E-state index >= 15 is 0 Å². The maximum absolute atomic E-state index is 11.2. The second-order valence-corrected chi connectivity index (χ2v) is 4.45. The van der Waals surface area contributed by atoms with Crippen LogP contribution in [0.15, 0.2) is 8.96 Å². The third kappa shape index (κ3) is 2.00. The van der Waals surface area contributed by atoms with Crippen molar-refractivity contribution in [3.8, 4) is 0 Å². The first-order valence-electron chi connectivity index (χ1n) is 3.83. The largest absolute Gasteiger partial charge is 0.469 e. The predicted octanol–water partition coefficient (Wildman–Crippen LogP) is 1.72. The molecule has 2 atom stereocenters. The zero-order valence-corrected chi connectivity index (χ0v) is 10.7. The molecule has 0 aliphatic carbocycles. The van der Waals surface area contributed by atoms with E-state index in [-0.39, 0.29) is 0 Å². The Bertz CT molecular complexity index is 310. The van der Waals surface area contributed by atoms with Crippen molar-refractivity contribution in [3.05, 3.63) is 8.96 Å². The molecule has 0 spiro atoms. The summed E-state index contributed by atoms with van der Waals surface area (Å²) in [4.78, 5) is 22.3. The van der Waals surface area contributed by atoms with Crippen LogP contribution < -0.4 is 0 Å². The first kappa shape index (κ1) is 11.7. The molecule has 0 fully saturated rings. The van der Waals surface area contributed by atoms with Crippen LogP contribution in [-0.4, -0.2) is 25.2 Å². The zero-order valence-electron chi connectivity index (χ0n) is 7.54. The molecule has 0 saturated carbocycles. The van der Waals surface area contributed by atoms with Gasteiger partial charge in [-0.15, -0.1) is 0 Å². The number of carbonyl (C=O) groups is 2. The molecule has 1 unspecified atom stereocenters. The van der Waals surface area contributed by atoms with Gasteiger partial charge in [0, 0.05) is 0 Å². The molecule has 1 heterocycles. The van der Waals surface area contributed by atoms with Gasteiger partial charge < -0.3 is 9.47 Å². The molecule has 1 rings (SSSR count). The molecule has 6 heteroatoms. The molecule has 0 aromatic carbocycles. The lowest BCUT2D eigenvalue weighted by Crippen LogP contribution is -2.27. The number of methoxy groups -OCH3 is 1. The molecule has 1 aliphatic rings. The van der Waals surface area contributed by atoms with Crippen LogP contribution in [0, 0.1) is 5.92 Å². The highest BCUT2D eigenvalue weighted by molar-refractivity contribution is 9.14. The molecule has 0 bridgehead atoms. The van der Waals surface area contributed by atoms with Crippen LogP contribution in [0.4, 0.5) is 0 Å². The molecule has 78 valence electrons. The molecular weight excluding hydrogens is 320 g/mol. The van der Waals surface area contributed by atoms with Gasteiger partial charge in [0.2, 0.25) is 0 Å². The van der Waals surface area contributed by atoms with Gasteiger partial charge in [0.05, 0.1) is 17.5 Å². The quantitative estimate of drug-likeness (QED) is 0.725. The van der Waals surface area contributed by atoms with Crippen molar-refractivity contribution < 1.29 is 19.1 Å². The Morgan fingerprint density at radius 3 is 2.50 bits per heavy atom. The Kier molecular flexibility index (Phi) is 3.71. The van der Waals surface area contributed by atoms with Crippen molar-refractivity contribution in [1.82, 2.24) is 0 Å². The van der Waals surface area contributed by atoms with E-state index in [0.29, 0.717) is 8.96 Å². The maximum atomic E-state index is 11.2. The first-order valence-corrected chi connectivity index (χ1v) is 5.41. The Labute approximate surface area is 97.9 Å². The van der Waals surface area contributed by atoms with Gasteiger partial charge in [0.25, 0.3) is 0 Å². The number of rotatable bonds is 2. The van der Waals surface area contributed by atoms with E-state index in [0.717, 1.165) is 0 Å². The number of ether oxygens (including phenoxy) is 2. The van der Waals surface area contributed by atoms with Crippen molar-refractivity contribution in [2.75, 3.05) is 7.11 Å². The van der Waals surface area contributed by atoms with Crippen LogP contribution in [0.5, 0.6) is 0 Å². The average molecular weight is 328 g/mol. The number of hydrogen-bond donors (Lipinski definition) is 0. The molecule has 4 nitrogen and oxygen atoms in total. The van der Waals surface area contributed by atoms with Crippen LogP contribution in [0.2, 0.25) is 0 Å². The van der Waals surface area contributed by atoms with Gasteiger partial charge in [-0.25, -0.2) is 4.79 Å². The van der Waals surface area contributed by atoms with Gasteiger partial charge >= 0.3 is 11.9 Å². The third-order valence-corrected chi connectivity index (χ3v) is 4.03. The fraction of sp³-hybridized carbons (Fsp3) is 0.500. The van der Waals surface area contributed by atoms with E-state index in [1.807, 2.05) is 0 Å². The predicted molar refractivity (Wildman–Crippen MR) is 55.9 cm³/mol. The number of hydrogen-bond acceptors (Lipinski definition) is 4. The lowest BCUT2D eigenvalue weighted by atomic mass is 10.1. The van der Waals surface area contributed by atoms with Crippen molar-refractivity contribution in [2.24, 2.45) is 5.92 Å². The maximum Gasteiger partial charge on any atom is 0.346 e. The summed E-state index contributed by atoms with van der Waals surface area (Å²) >= 11 is 6.24. The fourth-order valence-corrected chi connectivity index (χ4v) is 2.04. The van der Waals surface area contributed by atoms with Crippen LogP contribution in [0.1, 0.15) is 6.92 Å². The van der Waals surface area contributed by atoms with Crippen molar-refractivity contribution in [1.29, 1.82) is 0 Å². The van der Waals surface area contributed by atoms with Gasteiger partial charge in [-0.05, 0) is 22.9 Å². The van der Waals surface area contributed by atoms with Gasteiger partial charge in [0.15, 0.2) is 0 Å². The van der Waals surface area contributed by atoms with Crippen molar-refractivity contribution in [3.63, 3.8) is 0 Å². The molecular formula is C8H8Br2O4. The molecule has 0 aromatic rings. The van der Waals surface area contributed by atoms with Crippen LogP contribution in [-0.2, 0) is 19.1 Å². The first-order chi connectivity index (χ1) is 6.49. The van der Waals surface area contributed by atoms with E-state index in [2.05, 4.69) is 36.6 Å². The highest BCUT2D eigenvalue weighted by atomic mass is 79.9. The summed E-state index contributed by atoms with van der Waals surface area (Å²) in [6.07, 6.45) is -0.593. The molecule has 0 N–H and O–H groups in total. The van der Waals surface area contributed by atoms with Gasteiger partial charge in [-0.3, -0.25) is 4.79 Å². The Balaban J connectivity index is 2.83.